The van der Waals surface area contributed by atoms with Crippen LogP contribution in [0.5, 0.6) is 0 Å². The normalized spacial score (nSPS) is 11.2. The number of fused-ring (bicyclic) bond motifs is 1. The monoisotopic (exact) mass is 357 g/mol. The Morgan fingerprint density at radius 3 is 2.80 bits per heavy atom. The number of aryl methyl sites for hydroxylation is 1. The molecular weight excluding hydrogens is 338 g/mol. The molecule has 2 heterocycles. The molecule has 130 valence electrons. The number of anilines is 1. The second-order valence-electron chi connectivity index (χ2n) is 6.21. The summed E-state index contributed by atoms with van der Waals surface area (Å²) < 4.78 is 5.59. The zero-order valence-corrected chi connectivity index (χ0v) is 15.1. The highest BCUT2D eigenvalue weighted by Gasteiger charge is 2.15. The summed E-state index contributed by atoms with van der Waals surface area (Å²) >= 11 is 1.32. The van der Waals surface area contributed by atoms with Crippen LogP contribution >= 0.6 is 11.3 Å². The third-order valence-corrected chi connectivity index (χ3v) is 4.55. The van der Waals surface area contributed by atoms with Crippen LogP contribution in [0.15, 0.2) is 33.5 Å². The molecule has 0 saturated heterocycles. The van der Waals surface area contributed by atoms with E-state index in [-0.39, 0.29) is 11.2 Å². The standard InChI is InChI=1S/C18H19N3O3S/c1-4-11-5-6-14-12(8-11)13(22)9-15(24-14)17(23)19-18-21-20-16(25-18)7-10(2)3/h5-6,8-10H,4,7H2,1-3H3,(H,19,21,23). The fourth-order valence-electron chi connectivity index (χ4n) is 2.43. The van der Waals surface area contributed by atoms with Gasteiger partial charge in [0.25, 0.3) is 5.91 Å². The molecule has 0 bridgehead atoms. The summed E-state index contributed by atoms with van der Waals surface area (Å²) in [4.78, 5) is 24.6. The van der Waals surface area contributed by atoms with Crippen LogP contribution in [-0.2, 0) is 12.8 Å². The zero-order chi connectivity index (χ0) is 18.0. The Morgan fingerprint density at radius 2 is 2.08 bits per heavy atom. The van der Waals surface area contributed by atoms with Crippen LogP contribution in [0.1, 0.15) is 41.9 Å². The van der Waals surface area contributed by atoms with Crippen LogP contribution in [0.3, 0.4) is 0 Å². The summed E-state index contributed by atoms with van der Waals surface area (Å²) in [7, 11) is 0. The number of carbonyl (C=O) groups is 1. The Morgan fingerprint density at radius 1 is 1.28 bits per heavy atom. The number of hydrogen-bond acceptors (Lipinski definition) is 6. The van der Waals surface area contributed by atoms with E-state index in [0.29, 0.717) is 22.0 Å². The largest absolute Gasteiger partial charge is 0.451 e. The minimum atomic E-state index is -0.509. The number of carbonyl (C=O) groups excluding carboxylic acids is 1. The summed E-state index contributed by atoms with van der Waals surface area (Å²) in [5.41, 5.74) is 1.20. The molecule has 25 heavy (non-hydrogen) atoms. The molecule has 0 spiro atoms. The molecule has 6 nitrogen and oxygen atoms in total. The van der Waals surface area contributed by atoms with E-state index in [0.717, 1.165) is 23.4 Å². The first-order valence-electron chi connectivity index (χ1n) is 8.16. The highest BCUT2D eigenvalue weighted by molar-refractivity contribution is 7.15. The Kier molecular flexibility index (Phi) is 4.94. The molecule has 0 aliphatic rings. The van der Waals surface area contributed by atoms with Gasteiger partial charge in [-0.15, -0.1) is 10.2 Å². The van der Waals surface area contributed by atoms with Crippen molar-refractivity contribution in [1.29, 1.82) is 0 Å². The van der Waals surface area contributed by atoms with Crippen LogP contribution < -0.4 is 10.7 Å². The average Bonchev–Trinajstić information content (AvgIpc) is 3.00. The fraction of sp³-hybridized carbons (Fsp3) is 0.333. The lowest BCUT2D eigenvalue weighted by Gasteiger charge is -2.04. The molecule has 0 fully saturated rings. The Hall–Kier alpha value is -2.54. The fourth-order valence-corrected chi connectivity index (χ4v) is 3.38. The van der Waals surface area contributed by atoms with Gasteiger partial charge in [-0.3, -0.25) is 14.9 Å². The van der Waals surface area contributed by atoms with Crippen LogP contribution in [0.2, 0.25) is 0 Å². The van der Waals surface area contributed by atoms with Crippen molar-refractivity contribution in [2.24, 2.45) is 5.92 Å². The molecule has 3 rings (SSSR count). The topological polar surface area (TPSA) is 85.1 Å². The minimum absolute atomic E-state index is 0.0395. The summed E-state index contributed by atoms with van der Waals surface area (Å²) in [6.07, 6.45) is 1.63. The SMILES string of the molecule is CCc1ccc2oc(C(=O)Nc3nnc(CC(C)C)s3)cc(=O)c2c1. The number of nitrogens with one attached hydrogen (secondary N) is 1. The number of rotatable bonds is 5. The van der Waals surface area contributed by atoms with Gasteiger partial charge in [-0.05, 0) is 30.0 Å². The second kappa shape index (κ2) is 7.14. The number of nitrogens with zero attached hydrogens (tertiary/aromatic N) is 2. The Labute approximate surface area is 148 Å². The first kappa shape index (κ1) is 17.3. The third-order valence-electron chi connectivity index (χ3n) is 3.69. The van der Waals surface area contributed by atoms with E-state index in [2.05, 4.69) is 29.4 Å². The molecule has 2 aromatic heterocycles. The molecule has 0 aliphatic carbocycles. The summed E-state index contributed by atoms with van der Waals surface area (Å²) in [5, 5.41) is 12.4. The smallest absolute Gasteiger partial charge is 0.293 e. The van der Waals surface area contributed by atoms with Gasteiger partial charge in [-0.25, -0.2) is 0 Å². The van der Waals surface area contributed by atoms with Crippen molar-refractivity contribution in [3.05, 3.63) is 50.8 Å². The molecule has 0 unspecified atom stereocenters. The lowest BCUT2D eigenvalue weighted by atomic mass is 10.1. The molecule has 0 aliphatic heterocycles. The first-order chi connectivity index (χ1) is 12.0. The van der Waals surface area contributed by atoms with Gasteiger partial charge in [0.05, 0.1) is 5.39 Å². The van der Waals surface area contributed by atoms with Crippen molar-refractivity contribution in [2.45, 2.75) is 33.6 Å². The maximum absolute atomic E-state index is 12.4. The van der Waals surface area contributed by atoms with Gasteiger partial charge >= 0.3 is 0 Å². The van der Waals surface area contributed by atoms with Gasteiger partial charge in [0, 0.05) is 12.5 Å². The number of benzene rings is 1. The van der Waals surface area contributed by atoms with Crippen LogP contribution in [0.4, 0.5) is 5.13 Å². The zero-order valence-electron chi connectivity index (χ0n) is 14.3. The number of amides is 1. The molecule has 0 saturated carbocycles. The van der Waals surface area contributed by atoms with Gasteiger partial charge < -0.3 is 4.42 Å². The van der Waals surface area contributed by atoms with Crippen molar-refractivity contribution < 1.29 is 9.21 Å². The molecule has 3 aromatic rings. The molecule has 1 N–H and O–H groups in total. The van der Waals surface area contributed by atoms with Crippen molar-refractivity contribution in [2.75, 3.05) is 5.32 Å². The van der Waals surface area contributed by atoms with Crippen molar-refractivity contribution in [3.8, 4) is 0 Å². The van der Waals surface area contributed by atoms with Crippen LogP contribution in [0.25, 0.3) is 11.0 Å². The van der Waals surface area contributed by atoms with Gasteiger partial charge in [0.15, 0.2) is 11.2 Å². The lowest BCUT2D eigenvalue weighted by Crippen LogP contribution is -2.15. The summed E-state index contributed by atoms with van der Waals surface area (Å²) in [6, 6.07) is 6.62. The number of aromatic nitrogens is 2. The maximum Gasteiger partial charge on any atom is 0.293 e. The van der Waals surface area contributed by atoms with Gasteiger partial charge in [0.2, 0.25) is 5.13 Å². The molecule has 1 aromatic carbocycles. The van der Waals surface area contributed by atoms with E-state index < -0.39 is 5.91 Å². The van der Waals surface area contributed by atoms with E-state index >= 15 is 0 Å². The quantitative estimate of drug-likeness (QED) is 0.753. The highest BCUT2D eigenvalue weighted by atomic mass is 32.1. The third kappa shape index (κ3) is 3.93. The van der Waals surface area contributed by atoms with Crippen molar-refractivity contribution in [1.82, 2.24) is 10.2 Å². The molecule has 0 atom stereocenters. The highest BCUT2D eigenvalue weighted by Crippen LogP contribution is 2.20. The molecule has 1 amide bonds. The van der Waals surface area contributed by atoms with E-state index in [9.17, 15) is 9.59 Å². The van der Waals surface area contributed by atoms with Crippen LogP contribution in [0, 0.1) is 5.92 Å². The molecule has 0 radical (unpaired) electrons. The number of hydrogen-bond donors (Lipinski definition) is 1. The molecular formula is C18H19N3O3S. The van der Waals surface area contributed by atoms with E-state index in [4.69, 9.17) is 4.42 Å². The predicted octanol–water partition coefficient (Wildman–Crippen LogP) is 3.66. The predicted molar refractivity (Wildman–Crippen MR) is 98.3 cm³/mol. The maximum atomic E-state index is 12.4. The van der Waals surface area contributed by atoms with Gasteiger partial charge in [-0.1, -0.05) is 38.2 Å². The summed E-state index contributed by atoms with van der Waals surface area (Å²) in [6.45, 7) is 6.20. The van der Waals surface area contributed by atoms with Gasteiger partial charge in [0.1, 0.15) is 10.6 Å². The molecule has 7 heteroatoms. The van der Waals surface area contributed by atoms with Crippen molar-refractivity contribution >= 4 is 33.3 Å². The first-order valence-corrected chi connectivity index (χ1v) is 8.98. The van der Waals surface area contributed by atoms with Gasteiger partial charge in [-0.2, -0.15) is 0 Å². The Bertz CT molecular complexity index is 975. The summed E-state index contributed by atoms with van der Waals surface area (Å²) in [5.74, 6) is -0.0869. The Balaban J connectivity index is 1.84. The second-order valence-corrected chi connectivity index (χ2v) is 7.27. The average molecular weight is 357 g/mol. The lowest BCUT2D eigenvalue weighted by molar-refractivity contribution is 0.0997. The van der Waals surface area contributed by atoms with Crippen molar-refractivity contribution in [3.63, 3.8) is 0 Å². The van der Waals surface area contributed by atoms with E-state index in [1.54, 1.807) is 12.1 Å². The van der Waals surface area contributed by atoms with E-state index in [1.165, 1.54) is 17.4 Å². The minimum Gasteiger partial charge on any atom is -0.451 e. The van der Waals surface area contributed by atoms with E-state index in [1.807, 2.05) is 13.0 Å². The van der Waals surface area contributed by atoms with Crippen LogP contribution in [-0.4, -0.2) is 16.1 Å².